The smallest absolute Gasteiger partial charge is 0.240 e. The number of rotatable bonds is 3. The molecule has 6 heteroatoms. The quantitative estimate of drug-likeness (QED) is 0.838. The van der Waals surface area contributed by atoms with Crippen LogP contribution in [0.15, 0.2) is 29.2 Å². The molecule has 0 unspecified atom stereocenters. The lowest BCUT2D eigenvalue weighted by Crippen LogP contribution is -2.45. The van der Waals surface area contributed by atoms with Crippen LogP contribution >= 0.6 is 0 Å². The van der Waals surface area contributed by atoms with Gasteiger partial charge in [-0.3, -0.25) is 0 Å². The molecule has 5 nitrogen and oxygen atoms in total. The average Bonchev–Trinajstić information content (AvgIpc) is 2.39. The third kappa shape index (κ3) is 3.07. The summed E-state index contributed by atoms with van der Waals surface area (Å²) in [6.07, 6.45) is 1.80. The van der Waals surface area contributed by atoms with Crippen molar-refractivity contribution in [3.05, 3.63) is 29.8 Å². The van der Waals surface area contributed by atoms with Crippen LogP contribution in [0.25, 0.3) is 0 Å². The topological polar surface area (TPSA) is 82.0 Å². The van der Waals surface area contributed by atoms with Gasteiger partial charge >= 0.3 is 0 Å². The van der Waals surface area contributed by atoms with Gasteiger partial charge in [-0.15, -0.1) is 0 Å². The van der Waals surface area contributed by atoms with Gasteiger partial charge in [0.1, 0.15) is 0 Å². The number of nitriles is 1. The van der Waals surface area contributed by atoms with Gasteiger partial charge in [0.2, 0.25) is 10.0 Å². The molecule has 0 radical (unpaired) electrons. The summed E-state index contributed by atoms with van der Waals surface area (Å²) in [6.45, 7) is 1.58. The molecule has 18 heavy (non-hydrogen) atoms. The molecular weight excluding hydrogens is 250 g/mol. The van der Waals surface area contributed by atoms with Crippen molar-refractivity contribution >= 4 is 10.0 Å². The van der Waals surface area contributed by atoms with Gasteiger partial charge in [-0.1, -0.05) is 6.07 Å². The Labute approximate surface area is 107 Å². The molecule has 1 aromatic carbocycles. The van der Waals surface area contributed by atoms with Crippen LogP contribution in [0, 0.1) is 11.3 Å². The molecule has 2 rings (SSSR count). The molecule has 1 heterocycles. The SMILES string of the molecule is N#Cc1cccc(S(=O)(=O)N[C@@H]2CCCNC2)c1. The van der Waals surface area contributed by atoms with Crippen molar-refractivity contribution < 1.29 is 8.42 Å². The van der Waals surface area contributed by atoms with Gasteiger partial charge < -0.3 is 5.32 Å². The van der Waals surface area contributed by atoms with E-state index in [4.69, 9.17) is 5.26 Å². The number of benzene rings is 1. The van der Waals surface area contributed by atoms with Gasteiger partial charge in [0.25, 0.3) is 0 Å². The second-order valence-corrected chi connectivity index (χ2v) is 6.02. The number of piperidine rings is 1. The fourth-order valence-electron chi connectivity index (χ4n) is 1.97. The van der Waals surface area contributed by atoms with E-state index in [-0.39, 0.29) is 10.9 Å². The zero-order valence-electron chi connectivity index (χ0n) is 9.89. The van der Waals surface area contributed by atoms with Crippen molar-refractivity contribution in [2.75, 3.05) is 13.1 Å². The summed E-state index contributed by atoms with van der Waals surface area (Å²) in [5.41, 5.74) is 0.347. The average molecular weight is 265 g/mol. The summed E-state index contributed by atoms with van der Waals surface area (Å²) in [6, 6.07) is 7.91. The van der Waals surface area contributed by atoms with Gasteiger partial charge in [0.15, 0.2) is 0 Å². The Morgan fingerprint density at radius 1 is 1.44 bits per heavy atom. The lowest BCUT2D eigenvalue weighted by atomic mass is 10.1. The van der Waals surface area contributed by atoms with Crippen molar-refractivity contribution in [1.82, 2.24) is 10.0 Å². The minimum Gasteiger partial charge on any atom is -0.315 e. The Morgan fingerprint density at radius 2 is 2.28 bits per heavy atom. The second-order valence-electron chi connectivity index (χ2n) is 4.30. The van der Waals surface area contributed by atoms with Crippen LogP contribution in [0.2, 0.25) is 0 Å². The van der Waals surface area contributed by atoms with Crippen LogP contribution in [0.5, 0.6) is 0 Å². The predicted molar refractivity (Wildman–Crippen MR) is 67.4 cm³/mol. The van der Waals surface area contributed by atoms with Crippen LogP contribution in [0.3, 0.4) is 0 Å². The van der Waals surface area contributed by atoms with E-state index in [1.54, 1.807) is 12.1 Å². The van der Waals surface area contributed by atoms with Gasteiger partial charge in [0.05, 0.1) is 16.5 Å². The molecule has 1 aliphatic rings. The molecule has 1 aromatic rings. The van der Waals surface area contributed by atoms with Crippen molar-refractivity contribution in [3.8, 4) is 6.07 Å². The maximum Gasteiger partial charge on any atom is 0.240 e. The van der Waals surface area contributed by atoms with Crippen molar-refractivity contribution in [2.24, 2.45) is 0 Å². The van der Waals surface area contributed by atoms with Crippen LogP contribution in [0.4, 0.5) is 0 Å². The predicted octanol–water partition coefficient (Wildman–Crippen LogP) is 0.589. The molecule has 1 aliphatic heterocycles. The Bertz CT molecular complexity index is 557. The highest BCUT2D eigenvalue weighted by Crippen LogP contribution is 2.13. The normalized spacial score (nSPS) is 20.3. The molecule has 0 aliphatic carbocycles. The maximum atomic E-state index is 12.1. The summed E-state index contributed by atoms with van der Waals surface area (Å²) in [4.78, 5) is 0.145. The van der Waals surface area contributed by atoms with Crippen molar-refractivity contribution in [2.45, 2.75) is 23.8 Å². The standard InChI is InChI=1S/C12H15N3O2S/c13-8-10-3-1-5-12(7-10)18(16,17)15-11-4-2-6-14-9-11/h1,3,5,7,11,14-15H,2,4,6,9H2/t11-/m1/s1. The first kappa shape index (κ1) is 13.0. The van der Waals surface area contributed by atoms with Crippen LogP contribution < -0.4 is 10.0 Å². The van der Waals surface area contributed by atoms with E-state index in [1.807, 2.05) is 6.07 Å². The number of nitrogens with zero attached hydrogens (tertiary/aromatic N) is 1. The van der Waals surface area contributed by atoms with E-state index >= 15 is 0 Å². The molecule has 1 saturated heterocycles. The van der Waals surface area contributed by atoms with Gasteiger partial charge in [0, 0.05) is 12.6 Å². The monoisotopic (exact) mass is 265 g/mol. The number of hydrogen-bond acceptors (Lipinski definition) is 4. The molecule has 0 spiro atoms. The van der Waals surface area contributed by atoms with Crippen molar-refractivity contribution in [3.63, 3.8) is 0 Å². The number of nitrogens with one attached hydrogen (secondary N) is 2. The van der Waals surface area contributed by atoms with E-state index < -0.39 is 10.0 Å². The third-order valence-corrected chi connectivity index (χ3v) is 4.41. The van der Waals surface area contributed by atoms with Gasteiger partial charge in [-0.2, -0.15) is 5.26 Å². The first-order valence-corrected chi connectivity index (χ1v) is 7.33. The van der Waals surface area contributed by atoms with E-state index in [9.17, 15) is 8.42 Å². The Kier molecular flexibility index (Phi) is 3.97. The molecular formula is C12H15N3O2S. The van der Waals surface area contributed by atoms with Crippen molar-refractivity contribution in [1.29, 1.82) is 5.26 Å². The highest BCUT2D eigenvalue weighted by atomic mass is 32.2. The fraction of sp³-hybridized carbons (Fsp3) is 0.417. The largest absolute Gasteiger partial charge is 0.315 e. The van der Waals surface area contributed by atoms with Crippen LogP contribution in [0.1, 0.15) is 18.4 Å². The summed E-state index contributed by atoms with van der Waals surface area (Å²) in [7, 11) is -3.53. The third-order valence-electron chi connectivity index (χ3n) is 2.89. The Hall–Kier alpha value is -1.42. The highest BCUT2D eigenvalue weighted by Gasteiger charge is 2.21. The second kappa shape index (κ2) is 5.48. The number of hydrogen-bond donors (Lipinski definition) is 2. The van der Waals surface area contributed by atoms with Gasteiger partial charge in [-0.25, -0.2) is 13.1 Å². The lowest BCUT2D eigenvalue weighted by molar-refractivity contribution is 0.428. The Balaban J connectivity index is 2.17. The minimum absolute atomic E-state index is 0.0745. The molecule has 2 N–H and O–H groups in total. The van der Waals surface area contributed by atoms with E-state index in [1.165, 1.54) is 12.1 Å². The van der Waals surface area contributed by atoms with Crippen LogP contribution in [-0.4, -0.2) is 27.5 Å². The first-order chi connectivity index (χ1) is 8.62. The van der Waals surface area contributed by atoms with Crippen LogP contribution in [-0.2, 0) is 10.0 Å². The molecule has 96 valence electrons. The Morgan fingerprint density at radius 3 is 2.94 bits per heavy atom. The van der Waals surface area contributed by atoms with E-state index in [2.05, 4.69) is 10.0 Å². The fourth-order valence-corrected chi connectivity index (χ4v) is 3.29. The zero-order valence-corrected chi connectivity index (χ0v) is 10.7. The molecule has 0 aromatic heterocycles. The summed E-state index contributed by atoms with van der Waals surface area (Å²) in [5, 5.41) is 11.9. The zero-order chi connectivity index (χ0) is 13.0. The first-order valence-electron chi connectivity index (χ1n) is 5.85. The lowest BCUT2D eigenvalue weighted by Gasteiger charge is -2.23. The summed E-state index contributed by atoms with van der Waals surface area (Å²) < 4.78 is 26.9. The molecule has 1 fully saturated rings. The van der Waals surface area contributed by atoms with E-state index in [0.29, 0.717) is 12.1 Å². The molecule has 1 atom stereocenters. The molecule has 0 bridgehead atoms. The molecule has 0 saturated carbocycles. The highest BCUT2D eigenvalue weighted by molar-refractivity contribution is 7.89. The van der Waals surface area contributed by atoms with Gasteiger partial charge in [-0.05, 0) is 37.6 Å². The number of sulfonamides is 1. The minimum atomic E-state index is -3.53. The summed E-state index contributed by atoms with van der Waals surface area (Å²) >= 11 is 0. The van der Waals surface area contributed by atoms with E-state index in [0.717, 1.165) is 19.4 Å². The summed E-state index contributed by atoms with van der Waals surface area (Å²) in [5.74, 6) is 0. The maximum absolute atomic E-state index is 12.1. The molecule has 0 amide bonds.